The van der Waals surface area contributed by atoms with E-state index in [4.69, 9.17) is 5.73 Å². The van der Waals surface area contributed by atoms with Crippen molar-refractivity contribution >= 4 is 30.0 Å². The molecule has 0 spiro atoms. The molecule has 0 saturated carbocycles. The normalized spacial score (nSPS) is 11.1. The number of anilines is 1. The SMILES string of the molecule is Cc1ccc(C(N)C(=O)NCc2cccc(NC(=O)N(C)C)c2)cc1.Cl. The van der Waals surface area contributed by atoms with Gasteiger partial charge in [0.25, 0.3) is 0 Å². The zero-order chi connectivity index (χ0) is 18.4. The van der Waals surface area contributed by atoms with Crippen LogP contribution >= 0.6 is 12.4 Å². The number of urea groups is 1. The van der Waals surface area contributed by atoms with E-state index < -0.39 is 6.04 Å². The second kappa shape index (κ2) is 9.79. The van der Waals surface area contributed by atoms with Gasteiger partial charge in [0.05, 0.1) is 0 Å². The van der Waals surface area contributed by atoms with E-state index in [1.54, 1.807) is 20.2 Å². The smallest absolute Gasteiger partial charge is 0.321 e. The van der Waals surface area contributed by atoms with E-state index >= 15 is 0 Å². The Morgan fingerprint density at radius 1 is 1.12 bits per heavy atom. The van der Waals surface area contributed by atoms with Gasteiger partial charge in [-0.25, -0.2) is 4.79 Å². The Labute approximate surface area is 160 Å². The van der Waals surface area contributed by atoms with Crippen LogP contribution in [0.25, 0.3) is 0 Å². The monoisotopic (exact) mass is 376 g/mol. The number of benzene rings is 2. The summed E-state index contributed by atoms with van der Waals surface area (Å²) >= 11 is 0. The Morgan fingerprint density at radius 2 is 1.77 bits per heavy atom. The summed E-state index contributed by atoms with van der Waals surface area (Å²) in [7, 11) is 3.34. The fraction of sp³-hybridized carbons (Fsp3) is 0.263. The van der Waals surface area contributed by atoms with Gasteiger partial charge < -0.3 is 21.3 Å². The molecule has 0 aliphatic rings. The van der Waals surface area contributed by atoms with Crippen LogP contribution in [-0.4, -0.2) is 30.9 Å². The highest BCUT2D eigenvalue weighted by atomic mass is 35.5. The van der Waals surface area contributed by atoms with Crippen molar-refractivity contribution in [3.05, 3.63) is 65.2 Å². The van der Waals surface area contributed by atoms with Gasteiger partial charge in [0.1, 0.15) is 6.04 Å². The van der Waals surface area contributed by atoms with Gasteiger partial charge in [0, 0.05) is 26.3 Å². The fourth-order valence-corrected chi connectivity index (χ4v) is 2.22. The summed E-state index contributed by atoms with van der Waals surface area (Å²) in [5.74, 6) is -0.244. The van der Waals surface area contributed by atoms with Crippen molar-refractivity contribution in [3.63, 3.8) is 0 Å². The first-order valence-electron chi connectivity index (χ1n) is 8.04. The van der Waals surface area contributed by atoms with Crippen molar-refractivity contribution in [1.29, 1.82) is 0 Å². The van der Waals surface area contributed by atoms with Gasteiger partial charge in [-0.2, -0.15) is 0 Å². The number of hydrogen-bond donors (Lipinski definition) is 3. The summed E-state index contributed by atoms with van der Waals surface area (Å²) in [5, 5.41) is 5.60. The number of amides is 3. The standard InChI is InChI=1S/C19H24N4O2.ClH/c1-13-7-9-15(10-8-13)17(20)18(24)21-12-14-5-4-6-16(11-14)22-19(25)23(2)3;/h4-11,17H,12,20H2,1-3H3,(H,21,24)(H,22,25);1H. The summed E-state index contributed by atoms with van der Waals surface area (Å²) in [5.41, 5.74) is 9.45. The summed E-state index contributed by atoms with van der Waals surface area (Å²) in [4.78, 5) is 25.4. The number of halogens is 1. The molecule has 0 aromatic heterocycles. The maximum absolute atomic E-state index is 12.2. The molecule has 1 unspecified atom stereocenters. The van der Waals surface area contributed by atoms with Crippen molar-refractivity contribution in [1.82, 2.24) is 10.2 Å². The molecule has 1 atom stereocenters. The highest BCUT2D eigenvalue weighted by Crippen LogP contribution is 2.13. The Kier molecular flexibility index (Phi) is 8.09. The van der Waals surface area contributed by atoms with E-state index in [-0.39, 0.29) is 24.3 Å². The van der Waals surface area contributed by atoms with E-state index in [0.29, 0.717) is 12.2 Å². The zero-order valence-electron chi connectivity index (χ0n) is 15.2. The number of rotatable bonds is 5. The molecule has 2 aromatic rings. The first-order valence-corrected chi connectivity index (χ1v) is 8.04. The Morgan fingerprint density at radius 3 is 2.38 bits per heavy atom. The molecule has 6 nitrogen and oxygen atoms in total. The topological polar surface area (TPSA) is 87.5 Å². The van der Waals surface area contributed by atoms with Gasteiger partial charge in [0.2, 0.25) is 5.91 Å². The Bertz CT molecular complexity index is 747. The van der Waals surface area contributed by atoms with Crippen LogP contribution in [0.5, 0.6) is 0 Å². The van der Waals surface area contributed by atoms with Gasteiger partial charge >= 0.3 is 6.03 Å². The maximum Gasteiger partial charge on any atom is 0.321 e. The third-order valence-electron chi connectivity index (χ3n) is 3.77. The summed E-state index contributed by atoms with van der Waals surface area (Å²) in [6.07, 6.45) is 0. The molecule has 0 bridgehead atoms. The summed E-state index contributed by atoms with van der Waals surface area (Å²) < 4.78 is 0. The van der Waals surface area contributed by atoms with Crippen LogP contribution in [0.3, 0.4) is 0 Å². The molecular formula is C19H25ClN4O2. The van der Waals surface area contributed by atoms with Crippen LogP contribution in [0.1, 0.15) is 22.7 Å². The average molecular weight is 377 g/mol. The third-order valence-corrected chi connectivity index (χ3v) is 3.77. The van der Waals surface area contributed by atoms with Crippen LogP contribution < -0.4 is 16.4 Å². The molecule has 4 N–H and O–H groups in total. The van der Waals surface area contributed by atoms with E-state index in [1.165, 1.54) is 4.90 Å². The number of carbonyl (C=O) groups excluding carboxylic acids is 2. The molecule has 26 heavy (non-hydrogen) atoms. The average Bonchev–Trinajstić information content (AvgIpc) is 2.60. The number of nitrogens with two attached hydrogens (primary N) is 1. The first kappa shape index (κ1) is 21.5. The minimum Gasteiger partial charge on any atom is -0.350 e. The minimum absolute atomic E-state index is 0. The molecule has 0 aliphatic heterocycles. The first-order chi connectivity index (χ1) is 11.9. The largest absolute Gasteiger partial charge is 0.350 e. The number of hydrogen-bond acceptors (Lipinski definition) is 3. The zero-order valence-corrected chi connectivity index (χ0v) is 16.0. The van der Waals surface area contributed by atoms with Crippen LogP contribution in [-0.2, 0) is 11.3 Å². The molecular weight excluding hydrogens is 352 g/mol. The molecule has 0 fully saturated rings. The lowest BCUT2D eigenvalue weighted by atomic mass is 10.1. The van der Waals surface area contributed by atoms with Gasteiger partial charge in [-0.1, -0.05) is 42.0 Å². The van der Waals surface area contributed by atoms with Crippen molar-refractivity contribution < 1.29 is 9.59 Å². The number of aryl methyl sites for hydroxylation is 1. The van der Waals surface area contributed by atoms with E-state index in [0.717, 1.165) is 16.7 Å². The molecule has 2 rings (SSSR count). The molecule has 0 heterocycles. The lowest BCUT2D eigenvalue weighted by molar-refractivity contribution is -0.122. The Hall–Kier alpha value is -2.57. The van der Waals surface area contributed by atoms with Crippen molar-refractivity contribution in [2.24, 2.45) is 5.73 Å². The van der Waals surface area contributed by atoms with Crippen LogP contribution in [0.4, 0.5) is 10.5 Å². The highest BCUT2D eigenvalue weighted by molar-refractivity contribution is 5.89. The van der Waals surface area contributed by atoms with Crippen LogP contribution in [0.15, 0.2) is 48.5 Å². The third kappa shape index (κ3) is 6.06. The minimum atomic E-state index is -0.711. The fourth-order valence-electron chi connectivity index (χ4n) is 2.22. The molecule has 0 saturated heterocycles. The summed E-state index contributed by atoms with van der Waals surface area (Å²) in [6, 6.07) is 14.0. The van der Waals surface area contributed by atoms with Crippen molar-refractivity contribution in [2.45, 2.75) is 19.5 Å². The predicted octanol–water partition coefficient (Wildman–Crippen LogP) is 2.83. The number of nitrogens with one attached hydrogen (secondary N) is 2. The molecule has 140 valence electrons. The van der Waals surface area contributed by atoms with Crippen LogP contribution in [0, 0.1) is 6.92 Å². The van der Waals surface area contributed by atoms with E-state index in [9.17, 15) is 9.59 Å². The second-order valence-corrected chi connectivity index (χ2v) is 6.13. The van der Waals surface area contributed by atoms with E-state index in [1.807, 2.05) is 49.4 Å². The van der Waals surface area contributed by atoms with Gasteiger partial charge in [-0.15, -0.1) is 12.4 Å². The lowest BCUT2D eigenvalue weighted by Gasteiger charge is -2.14. The van der Waals surface area contributed by atoms with Crippen molar-refractivity contribution in [2.75, 3.05) is 19.4 Å². The Balaban J connectivity index is 0.00000338. The molecule has 3 amide bonds. The molecule has 0 aliphatic carbocycles. The van der Waals surface area contributed by atoms with Gasteiger partial charge in [-0.05, 0) is 30.2 Å². The lowest BCUT2D eigenvalue weighted by Crippen LogP contribution is -2.33. The summed E-state index contributed by atoms with van der Waals surface area (Å²) in [6.45, 7) is 2.32. The van der Waals surface area contributed by atoms with E-state index in [2.05, 4.69) is 10.6 Å². The van der Waals surface area contributed by atoms with Gasteiger partial charge in [-0.3, -0.25) is 4.79 Å². The highest BCUT2D eigenvalue weighted by Gasteiger charge is 2.15. The predicted molar refractivity (Wildman–Crippen MR) is 106 cm³/mol. The molecule has 7 heteroatoms. The second-order valence-electron chi connectivity index (χ2n) is 6.13. The number of carbonyl (C=O) groups is 2. The maximum atomic E-state index is 12.2. The molecule has 0 radical (unpaired) electrons. The van der Waals surface area contributed by atoms with Crippen LogP contribution in [0.2, 0.25) is 0 Å². The molecule has 2 aromatic carbocycles. The number of nitrogens with zero attached hydrogens (tertiary/aromatic N) is 1. The quantitative estimate of drug-likeness (QED) is 0.749. The van der Waals surface area contributed by atoms with Gasteiger partial charge in [0.15, 0.2) is 0 Å². The van der Waals surface area contributed by atoms with Crippen molar-refractivity contribution in [3.8, 4) is 0 Å².